The molecule has 17 heavy (non-hydrogen) atoms. The molecule has 0 rings (SSSR count). The van der Waals surface area contributed by atoms with Gasteiger partial charge in [0.15, 0.2) is 0 Å². The average Bonchev–Trinajstić information content (AvgIpc) is 2.12. The third-order valence-electron chi connectivity index (χ3n) is 1.58. The number of carboxylic acid groups (broad SMARTS) is 2. The van der Waals surface area contributed by atoms with E-state index in [1.54, 1.807) is 0 Å². The van der Waals surface area contributed by atoms with Crippen molar-refractivity contribution in [3.63, 3.8) is 0 Å². The maximum absolute atomic E-state index is 11.2. The topological polar surface area (TPSA) is 107 Å². The average molecular weight is 290 g/mol. The van der Waals surface area contributed by atoms with Gasteiger partial charge in [0.2, 0.25) is 5.91 Å². The molecule has 0 aromatic heterocycles. The van der Waals surface area contributed by atoms with E-state index in [4.69, 9.17) is 10.2 Å². The zero-order valence-corrected chi connectivity index (χ0v) is 10.2. The SMILES string of the molecule is [CH2]CCNC(=O)CN(CC(=O)O)CC(=O)O.[Co]. The van der Waals surface area contributed by atoms with Gasteiger partial charge >= 0.3 is 11.9 Å². The predicted molar refractivity (Wildman–Crippen MR) is 54.7 cm³/mol. The van der Waals surface area contributed by atoms with Crippen molar-refractivity contribution in [1.29, 1.82) is 0 Å². The molecular formula is C9H15CoN2O5. The van der Waals surface area contributed by atoms with Crippen LogP contribution in [0.5, 0.6) is 0 Å². The van der Waals surface area contributed by atoms with Gasteiger partial charge in [-0.2, -0.15) is 0 Å². The largest absolute Gasteiger partial charge is 0.480 e. The van der Waals surface area contributed by atoms with Gasteiger partial charge in [-0.05, 0) is 6.42 Å². The Bertz CT molecular complexity index is 256. The molecule has 3 N–H and O–H groups in total. The summed E-state index contributed by atoms with van der Waals surface area (Å²) in [7, 11) is 0. The zero-order chi connectivity index (χ0) is 12.6. The number of carbonyl (C=O) groups excluding carboxylic acids is 1. The van der Waals surface area contributed by atoms with Crippen molar-refractivity contribution in [2.45, 2.75) is 6.42 Å². The van der Waals surface area contributed by atoms with Crippen molar-refractivity contribution < 1.29 is 41.4 Å². The number of rotatable bonds is 8. The molecule has 0 bridgehead atoms. The molecule has 8 heteroatoms. The molecule has 0 aromatic carbocycles. The Balaban J connectivity index is 0. The Kier molecular flexibility index (Phi) is 10.8. The van der Waals surface area contributed by atoms with Crippen LogP contribution < -0.4 is 5.32 Å². The Morgan fingerprint density at radius 3 is 1.88 bits per heavy atom. The number of nitrogens with zero attached hydrogens (tertiary/aromatic N) is 1. The van der Waals surface area contributed by atoms with Crippen LogP contribution in [0.1, 0.15) is 6.42 Å². The number of carboxylic acids is 2. The molecule has 0 unspecified atom stereocenters. The molecule has 0 aliphatic carbocycles. The smallest absolute Gasteiger partial charge is 0.317 e. The Labute approximate surface area is 109 Å². The maximum atomic E-state index is 11.2. The number of carbonyl (C=O) groups is 3. The van der Waals surface area contributed by atoms with E-state index < -0.39 is 30.9 Å². The molecule has 0 saturated heterocycles. The summed E-state index contributed by atoms with van der Waals surface area (Å²) < 4.78 is 0. The second-order valence-electron chi connectivity index (χ2n) is 3.14. The van der Waals surface area contributed by atoms with Crippen LogP contribution in [0, 0.1) is 6.92 Å². The van der Waals surface area contributed by atoms with Crippen LogP contribution >= 0.6 is 0 Å². The second-order valence-corrected chi connectivity index (χ2v) is 3.14. The predicted octanol–water partition coefficient (Wildman–Crippen LogP) is -1.20. The number of hydrogen-bond donors (Lipinski definition) is 3. The number of amides is 1. The van der Waals surface area contributed by atoms with Gasteiger partial charge in [0.1, 0.15) is 0 Å². The second kappa shape index (κ2) is 10.1. The monoisotopic (exact) mass is 290 g/mol. The Hall–Kier alpha value is -1.12. The van der Waals surface area contributed by atoms with E-state index in [9.17, 15) is 14.4 Å². The fourth-order valence-electron chi connectivity index (χ4n) is 1.04. The van der Waals surface area contributed by atoms with Crippen LogP contribution in [0.25, 0.3) is 0 Å². The van der Waals surface area contributed by atoms with Gasteiger partial charge in [-0.1, -0.05) is 6.92 Å². The van der Waals surface area contributed by atoms with Crippen molar-refractivity contribution in [2.75, 3.05) is 26.2 Å². The molecule has 0 spiro atoms. The Morgan fingerprint density at radius 1 is 1.06 bits per heavy atom. The van der Waals surface area contributed by atoms with Crippen molar-refractivity contribution in [2.24, 2.45) is 0 Å². The van der Waals surface area contributed by atoms with Gasteiger partial charge in [0.05, 0.1) is 19.6 Å². The first-order valence-corrected chi connectivity index (χ1v) is 4.67. The summed E-state index contributed by atoms with van der Waals surface area (Å²) in [5.74, 6) is -2.76. The summed E-state index contributed by atoms with van der Waals surface area (Å²) in [6.45, 7) is 2.68. The molecule has 100 valence electrons. The van der Waals surface area contributed by atoms with E-state index >= 15 is 0 Å². The van der Waals surface area contributed by atoms with Gasteiger partial charge in [0.25, 0.3) is 0 Å². The van der Waals surface area contributed by atoms with E-state index in [2.05, 4.69) is 12.2 Å². The summed E-state index contributed by atoms with van der Waals surface area (Å²) >= 11 is 0. The molecule has 0 aliphatic rings. The fraction of sp³-hybridized carbons (Fsp3) is 0.556. The van der Waals surface area contributed by atoms with Gasteiger partial charge in [-0.15, -0.1) is 0 Å². The first-order chi connectivity index (χ1) is 7.45. The number of nitrogens with one attached hydrogen (secondary N) is 1. The van der Waals surface area contributed by atoms with E-state index in [-0.39, 0.29) is 23.3 Å². The summed E-state index contributed by atoms with van der Waals surface area (Å²) in [6.07, 6.45) is 0.517. The van der Waals surface area contributed by atoms with Crippen molar-refractivity contribution in [3.05, 3.63) is 6.92 Å². The van der Waals surface area contributed by atoms with E-state index in [1.807, 2.05) is 0 Å². The fourth-order valence-corrected chi connectivity index (χ4v) is 1.04. The van der Waals surface area contributed by atoms with Crippen LogP contribution in [0.3, 0.4) is 0 Å². The minimum absolute atomic E-state index is 0. The molecule has 1 amide bonds. The third kappa shape index (κ3) is 11.1. The molecule has 0 fully saturated rings. The summed E-state index contributed by atoms with van der Waals surface area (Å²) in [5, 5.41) is 19.5. The zero-order valence-electron chi connectivity index (χ0n) is 9.14. The molecule has 7 nitrogen and oxygen atoms in total. The standard InChI is InChI=1S/C9H15N2O5.Co/c1-2-3-10-7(12)4-11(5-8(13)14)6-9(15)16;/h1-6H2,(H,10,12)(H,13,14)(H,15,16);. The minimum atomic E-state index is -1.17. The normalized spacial score (nSPS) is 9.53. The van der Waals surface area contributed by atoms with E-state index in [1.165, 1.54) is 0 Å². The van der Waals surface area contributed by atoms with Crippen LogP contribution in [0.15, 0.2) is 0 Å². The Morgan fingerprint density at radius 2 is 1.53 bits per heavy atom. The van der Waals surface area contributed by atoms with Gasteiger partial charge in [-0.25, -0.2) is 0 Å². The van der Waals surface area contributed by atoms with Crippen molar-refractivity contribution in [1.82, 2.24) is 10.2 Å². The van der Waals surface area contributed by atoms with Crippen LogP contribution in [0.4, 0.5) is 0 Å². The molecule has 2 radical (unpaired) electrons. The molecule has 0 saturated carbocycles. The van der Waals surface area contributed by atoms with Crippen LogP contribution in [0.2, 0.25) is 0 Å². The molecular weight excluding hydrogens is 275 g/mol. The minimum Gasteiger partial charge on any atom is -0.480 e. The molecule has 0 heterocycles. The van der Waals surface area contributed by atoms with Gasteiger partial charge in [-0.3, -0.25) is 19.3 Å². The van der Waals surface area contributed by atoms with Gasteiger partial charge < -0.3 is 15.5 Å². The molecule has 0 aromatic rings. The van der Waals surface area contributed by atoms with E-state index in [0.29, 0.717) is 13.0 Å². The summed E-state index contributed by atoms with van der Waals surface area (Å²) in [4.78, 5) is 33.1. The molecule has 0 atom stereocenters. The third-order valence-corrected chi connectivity index (χ3v) is 1.58. The first-order valence-electron chi connectivity index (χ1n) is 4.67. The summed E-state index contributed by atoms with van der Waals surface area (Å²) in [5.41, 5.74) is 0. The number of aliphatic carboxylic acids is 2. The van der Waals surface area contributed by atoms with Crippen LogP contribution in [-0.2, 0) is 31.2 Å². The van der Waals surface area contributed by atoms with Crippen LogP contribution in [-0.4, -0.2) is 59.1 Å². The van der Waals surface area contributed by atoms with Crippen molar-refractivity contribution >= 4 is 17.8 Å². The van der Waals surface area contributed by atoms with E-state index in [0.717, 1.165) is 4.90 Å². The quantitative estimate of drug-likeness (QED) is 0.518. The first kappa shape index (κ1) is 18.2. The van der Waals surface area contributed by atoms with Crippen molar-refractivity contribution in [3.8, 4) is 0 Å². The van der Waals surface area contributed by atoms with Gasteiger partial charge in [0, 0.05) is 23.3 Å². The summed E-state index contributed by atoms with van der Waals surface area (Å²) in [6, 6.07) is 0. The number of hydrogen-bond acceptors (Lipinski definition) is 4. The molecule has 0 aliphatic heterocycles. The maximum Gasteiger partial charge on any atom is 0.317 e.